The second-order valence-electron chi connectivity index (χ2n) is 11.4. The van der Waals surface area contributed by atoms with Crippen molar-refractivity contribution < 1.29 is 14.3 Å². The highest BCUT2D eigenvalue weighted by atomic mass is 32.2. The Morgan fingerprint density at radius 1 is 1.19 bits per heavy atom. The molecule has 1 unspecified atom stereocenters. The monoisotopic (exact) mass is 601 g/mol. The van der Waals surface area contributed by atoms with Crippen molar-refractivity contribution in [1.82, 2.24) is 4.98 Å². The van der Waals surface area contributed by atoms with E-state index in [1.165, 1.54) is 23.1 Å². The minimum absolute atomic E-state index is 0.0378. The standard InChI is InChI=1S/C32H35N5O3S2/c1-6-40-31(39)27-21-12-11-20(32(3,4)5)15-24(21)42-30(27)36-25(38)13-14-41-29-23(17-34)26(22(16-33)28(35)37-29)19-9-7-18(2)8-10-19/h7-10,20H,6,11-15H2,1-5H3,(H2,35,37)(H,36,38). The number of pyridine rings is 1. The Morgan fingerprint density at radius 3 is 2.50 bits per heavy atom. The van der Waals surface area contributed by atoms with Gasteiger partial charge in [-0.2, -0.15) is 10.5 Å². The third kappa shape index (κ3) is 6.61. The van der Waals surface area contributed by atoms with Gasteiger partial charge in [-0.05, 0) is 55.6 Å². The van der Waals surface area contributed by atoms with E-state index in [9.17, 15) is 20.1 Å². The molecule has 10 heteroatoms. The zero-order valence-electron chi connectivity index (χ0n) is 24.6. The number of nitrogen functional groups attached to an aromatic ring is 1. The largest absolute Gasteiger partial charge is 0.462 e. The number of hydrogen-bond acceptors (Lipinski definition) is 9. The number of ether oxygens (including phenoxy) is 1. The molecule has 0 spiro atoms. The Bertz CT molecular complexity index is 1590. The SMILES string of the molecule is CCOC(=O)c1c(NC(=O)CCSc2nc(N)c(C#N)c(-c3ccc(C)cc3)c2C#N)sc2c1CCC(C(C)(C)C)C2. The summed E-state index contributed by atoms with van der Waals surface area (Å²) in [5.74, 6) is 0.185. The second kappa shape index (κ2) is 13.0. The molecule has 0 fully saturated rings. The predicted octanol–water partition coefficient (Wildman–Crippen LogP) is 6.89. The Hall–Kier alpha value is -3.86. The highest BCUT2D eigenvalue weighted by molar-refractivity contribution is 7.99. The van der Waals surface area contributed by atoms with Crippen LogP contribution in [0.3, 0.4) is 0 Å². The Morgan fingerprint density at radius 2 is 1.88 bits per heavy atom. The molecule has 4 rings (SSSR count). The van der Waals surface area contributed by atoms with Crippen LogP contribution in [-0.4, -0.2) is 29.2 Å². The fraction of sp³-hybridized carbons (Fsp3) is 0.406. The molecule has 2 aromatic heterocycles. The van der Waals surface area contributed by atoms with E-state index >= 15 is 0 Å². The topological polar surface area (TPSA) is 142 Å². The summed E-state index contributed by atoms with van der Waals surface area (Å²) in [5.41, 5.74) is 10.3. The molecule has 1 amide bonds. The van der Waals surface area contributed by atoms with Gasteiger partial charge in [-0.3, -0.25) is 4.79 Å². The van der Waals surface area contributed by atoms with E-state index in [0.717, 1.165) is 35.3 Å². The van der Waals surface area contributed by atoms with Crippen LogP contribution in [0.4, 0.5) is 10.8 Å². The molecule has 8 nitrogen and oxygen atoms in total. The smallest absolute Gasteiger partial charge is 0.341 e. The molecule has 1 aliphatic rings. The van der Waals surface area contributed by atoms with Crippen LogP contribution in [0.15, 0.2) is 29.3 Å². The van der Waals surface area contributed by atoms with Gasteiger partial charge in [0.05, 0.1) is 17.7 Å². The Balaban J connectivity index is 1.53. The number of aryl methyl sites for hydroxylation is 1. The summed E-state index contributed by atoms with van der Waals surface area (Å²) in [7, 11) is 0. The molecule has 1 atom stereocenters. The number of nitrogens with one attached hydrogen (secondary N) is 1. The van der Waals surface area contributed by atoms with Crippen LogP contribution in [0, 0.1) is 40.9 Å². The van der Waals surface area contributed by atoms with Crippen molar-refractivity contribution >= 4 is 45.8 Å². The minimum Gasteiger partial charge on any atom is -0.462 e. The molecule has 0 aliphatic heterocycles. The summed E-state index contributed by atoms with van der Waals surface area (Å²) in [6.07, 6.45) is 2.75. The van der Waals surface area contributed by atoms with Gasteiger partial charge in [-0.1, -0.05) is 50.6 Å². The summed E-state index contributed by atoms with van der Waals surface area (Å²) in [6.45, 7) is 10.7. The number of hydrogen-bond donors (Lipinski definition) is 2. The first-order valence-corrected chi connectivity index (χ1v) is 15.7. The van der Waals surface area contributed by atoms with E-state index in [1.54, 1.807) is 6.92 Å². The lowest BCUT2D eigenvalue weighted by Crippen LogP contribution is -2.26. The second-order valence-corrected chi connectivity index (χ2v) is 13.6. The first kappa shape index (κ1) is 31.1. The van der Waals surface area contributed by atoms with E-state index < -0.39 is 5.97 Å². The minimum atomic E-state index is -0.409. The number of anilines is 2. The van der Waals surface area contributed by atoms with Crippen LogP contribution in [-0.2, 0) is 22.4 Å². The molecule has 0 saturated heterocycles. The van der Waals surface area contributed by atoms with Crippen LogP contribution in [0.2, 0.25) is 0 Å². The average molecular weight is 602 g/mol. The zero-order valence-corrected chi connectivity index (χ0v) is 26.2. The van der Waals surface area contributed by atoms with Crippen molar-refractivity contribution in [2.75, 3.05) is 23.4 Å². The highest BCUT2D eigenvalue weighted by Gasteiger charge is 2.34. The quantitative estimate of drug-likeness (QED) is 0.210. The molecule has 42 heavy (non-hydrogen) atoms. The number of fused-ring (bicyclic) bond motifs is 1. The summed E-state index contributed by atoms with van der Waals surface area (Å²) >= 11 is 2.70. The molecule has 218 valence electrons. The number of rotatable bonds is 8. The summed E-state index contributed by atoms with van der Waals surface area (Å²) in [6, 6.07) is 11.8. The normalized spacial score (nSPS) is 14.4. The van der Waals surface area contributed by atoms with E-state index in [-0.39, 0.29) is 41.3 Å². The lowest BCUT2D eigenvalue weighted by Gasteiger charge is -2.33. The van der Waals surface area contributed by atoms with Gasteiger partial charge in [0.2, 0.25) is 5.91 Å². The van der Waals surface area contributed by atoms with E-state index in [1.807, 2.05) is 31.2 Å². The van der Waals surface area contributed by atoms with Gasteiger partial charge in [0, 0.05) is 22.6 Å². The van der Waals surface area contributed by atoms with E-state index in [4.69, 9.17) is 10.5 Å². The number of nitrogens with two attached hydrogens (primary N) is 1. The molecule has 3 aromatic rings. The van der Waals surface area contributed by atoms with Crippen LogP contribution < -0.4 is 11.1 Å². The number of amides is 1. The number of carbonyl (C=O) groups is 2. The molecule has 3 N–H and O–H groups in total. The van der Waals surface area contributed by atoms with Gasteiger partial charge >= 0.3 is 5.97 Å². The Kier molecular flexibility index (Phi) is 9.60. The molecular weight excluding hydrogens is 567 g/mol. The lowest BCUT2D eigenvalue weighted by atomic mass is 9.72. The molecule has 1 aliphatic carbocycles. The van der Waals surface area contributed by atoms with Gasteiger partial charge in [0.25, 0.3) is 0 Å². The van der Waals surface area contributed by atoms with Crippen LogP contribution in [0.5, 0.6) is 0 Å². The van der Waals surface area contributed by atoms with Crippen LogP contribution >= 0.6 is 23.1 Å². The number of nitrogens with zero attached hydrogens (tertiary/aromatic N) is 3. The van der Waals surface area contributed by atoms with Gasteiger partial charge in [0.15, 0.2) is 0 Å². The van der Waals surface area contributed by atoms with Crippen molar-refractivity contribution in [2.24, 2.45) is 11.3 Å². The van der Waals surface area contributed by atoms with Gasteiger partial charge in [-0.25, -0.2) is 9.78 Å². The van der Waals surface area contributed by atoms with Crippen molar-refractivity contribution in [1.29, 1.82) is 10.5 Å². The Labute approximate surface area is 255 Å². The maximum atomic E-state index is 13.1. The van der Waals surface area contributed by atoms with Crippen molar-refractivity contribution in [3.05, 3.63) is 57.0 Å². The molecule has 0 bridgehead atoms. The van der Waals surface area contributed by atoms with Gasteiger partial charge in [0.1, 0.15) is 33.5 Å². The summed E-state index contributed by atoms with van der Waals surface area (Å²) in [4.78, 5) is 31.5. The molecule has 1 aromatic carbocycles. The predicted molar refractivity (Wildman–Crippen MR) is 167 cm³/mol. The van der Waals surface area contributed by atoms with Crippen LogP contribution in [0.25, 0.3) is 11.1 Å². The fourth-order valence-electron chi connectivity index (χ4n) is 5.17. The number of carbonyl (C=O) groups excluding carboxylic acids is 2. The lowest BCUT2D eigenvalue weighted by molar-refractivity contribution is -0.115. The zero-order chi connectivity index (χ0) is 30.6. The summed E-state index contributed by atoms with van der Waals surface area (Å²) < 4.78 is 5.36. The van der Waals surface area contributed by atoms with Crippen LogP contribution in [0.1, 0.15) is 78.0 Å². The van der Waals surface area contributed by atoms with Crippen molar-refractivity contribution in [3.8, 4) is 23.3 Å². The van der Waals surface area contributed by atoms with Gasteiger partial charge < -0.3 is 15.8 Å². The maximum Gasteiger partial charge on any atom is 0.341 e. The number of thioether (sulfide) groups is 1. The van der Waals surface area contributed by atoms with E-state index in [0.29, 0.717) is 38.4 Å². The average Bonchev–Trinajstić information content (AvgIpc) is 3.30. The number of esters is 1. The van der Waals surface area contributed by atoms with E-state index in [2.05, 4.69) is 43.2 Å². The van der Waals surface area contributed by atoms with Crippen molar-refractivity contribution in [2.45, 2.75) is 65.3 Å². The number of aromatic nitrogens is 1. The van der Waals surface area contributed by atoms with Crippen molar-refractivity contribution in [3.63, 3.8) is 0 Å². The number of nitriles is 2. The first-order valence-electron chi connectivity index (χ1n) is 13.9. The molecule has 0 radical (unpaired) electrons. The number of thiophene rings is 1. The molecule has 2 heterocycles. The van der Waals surface area contributed by atoms with Gasteiger partial charge in [-0.15, -0.1) is 23.1 Å². The maximum absolute atomic E-state index is 13.1. The molecular formula is C32H35N5O3S2. The number of benzene rings is 1. The summed E-state index contributed by atoms with van der Waals surface area (Å²) in [5, 5.41) is 23.6. The fourth-order valence-corrected chi connectivity index (χ4v) is 7.44. The molecule has 0 saturated carbocycles. The first-order chi connectivity index (χ1) is 20.0. The highest BCUT2D eigenvalue weighted by Crippen LogP contribution is 2.44. The third-order valence-electron chi connectivity index (χ3n) is 7.55. The third-order valence-corrected chi connectivity index (χ3v) is 9.69.